The third-order valence-corrected chi connectivity index (χ3v) is 2.53. The summed E-state index contributed by atoms with van der Waals surface area (Å²) in [5.41, 5.74) is 0.872. The number of hydrogen-bond acceptors (Lipinski definition) is 5. The van der Waals surface area contributed by atoms with Crippen molar-refractivity contribution in [3.8, 4) is 0 Å². The molecule has 0 saturated heterocycles. The summed E-state index contributed by atoms with van der Waals surface area (Å²) in [4.78, 5) is 22.5. The Kier molecular flexibility index (Phi) is 4.96. The average molecular weight is 302 g/mol. The largest absolute Gasteiger partial charge is 0.468 e. The number of rotatable bonds is 4. The molecule has 0 aliphatic rings. The van der Waals surface area contributed by atoms with E-state index in [1.54, 1.807) is 18.2 Å². The first-order valence-corrected chi connectivity index (χ1v) is 5.56. The van der Waals surface area contributed by atoms with Gasteiger partial charge in [-0.25, -0.2) is 4.79 Å². The van der Waals surface area contributed by atoms with E-state index in [0.717, 1.165) is 4.47 Å². The molecule has 6 heteroatoms. The van der Waals surface area contributed by atoms with Crippen LogP contribution in [0.1, 0.15) is 10.4 Å². The van der Waals surface area contributed by atoms with Gasteiger partial charge in [0, 0.05) is 4.47 Å². The zero-order chi connectivity index (χ0) is 12.8. The monoisotopic (exact) mass is 301 g/mol. The molecule has 0 amide bonds. The molecule has 17 heavy (non-hydrogen) atoms. The summed E-state index contributed by atoms with van der Waals surface area (Å²) in [5.74, 6) is -0.884. The van der Waals surface area contributed by atoms with Gasteiger partial charge in [0.25, 0.3) is 0 Å². The zero-order valence-electron chi connectivity index (χ0n) is 9.45. The minimum Gasteiger partial charge on any atom is -0.468 e. The average Bonchev–Trinajstić information content (AvgIpc) is 2.35. The van der Waals surface area contributed by atoms with Gasteiger partial charge in [-0.05, 0) is 18.2 Å². The maximum atomic E-state index is 11.5. The molecule has 0 unspecified atom stereocenters. The number of carbonyl (C=O) groups is 2. The van der Waals surface area contributed by atoms with E-state index in [0.29, 0.717) is 11.3 Å². The van der Waals surface area contributed by atoms with Crippen LogP contribution in [-0.4, -0.2) is 32.7 Å². The lowest BCUT2D eigenvalue weighted by Crippen LogP contribution is -2.17. The Hall–Kier alpha value is -1.56. The van der Waals surface area contributed by atoms with Crippen LogP contribution in [0.5, 0.6) is 0 Å². The number of methoxy groups -OCH3 is 2. The summed E-state index contributed by atoms with van der Waals surface area (Å²) >= 11 is 3.28. The topological polar surface area (TPSA) is 64.6 Å². The maximum absolute atomic E-state index is 11.5. The van der Waals surface area contributed by atoms with Crippen LogP contribution in [0, 0.1) is 0 Å². The molecule has 0 heterocycles. The number of hydrogen-bond donors (Lipinski definition) is 1. The van der Waals surface area contributed by atoms with Crippen LogP contribution in [0.15, 0.2) is 22.7 Å². The Labute approximate surface area is 107 Å². The first-order chi connectivity index (χ1) is 8.08. The van der Waals surface area contributed by atoms with E-state index >= 15 is 0 Å². The summed E-state index contributed by atoms with van der Waals surface area (Å²) in [6.07, 6.45) is 0. The fourth-order valence-corrected chi connectivity index (χ4v) is 1.55. The molecule has 1 aromatic carbocycles. The molecule has 0 atom stereocenters. The van der Waals surface area contributed by atoms with Gasteiger partial charge in [-0.1, -0.05) is 15.9 Å². The van der Waals surface area contributed by atoms with E-state index in [4.69, 9.17) is 0 Å². The normalized spacial score (nSPS) is 9.59. The van der Waals surface area contributed by atoms with Crippen LogP contribution in [0.4, 0.5) is 5.69 Å². The van der Waals surface area contributed by atoms with Crippen LogP contribution in [0.2, 0.25) is 0 Å². The van der Waals surface area contributed by atoms with Gasteiger partial charge >= 0.3 is 11.9 Å². The van der Waals surface area contributed by atoms with Gasteiger partial charge < -0.3 is 14.8 Å². The number of esters is 2. The molecule has 0 aromatic heterocycles. The smallest absolute Gasteiger partial charge is 0.339 e. The van der Waals surface area contributed by atoms with Gasteiger partial charge in [0.15, 0.2) is 0 Å². The Morgan fingerprint density at radius 1 is 1.29 bits per heavy atom. The lowest BCUT2D eigenvalue weighted by atomic mass is 10.2. The minimum absolute atomic E-state index is 0.0169. The van der Waals surface area contributed by atoms with Gasteiger partial charge in [-0.15, -0.1) is 0 Å². The van der Waals surface area contributed by atoms with Gasteiger partial charge in [0.2, 0.25) is 0 Å². The van der Waals surface area contributed by atoms with E-state index < -0.39 is 11.9 Å². The molecule has 0 aliphatic heterocycles. The molecule has 5 nitrogen and oxygen atoms in total. The van der Waals surface area contributed by atoms with Crippen molar-refractivity contribution in [2.24, 2.45) is 0 Å². The number of nitrogens with one attached hydrogen (secondary N) is 1. The molecule has 92 valence electrons. The Bertz CT molecular complexity index is 433. The molecule has 0 bridgehead atoms. The first-order valence-electron chi connectivity index (χ1n) is 4.77. The maximum Gasteiger partial charge on any atom is 0.339 e. The quantitative estimate of drug-likeness (QED) is 0.860. The molecule has 1 aromatic rings. The lowest BCUT2D eigenvalue weighted by Gasteiger charge is -2.10. The Morgan fingerprint density at radius 2 is 2.00 bits per heavy atom. The summed E-state index contributed by atoms with van der Waals surface area (Å²) < 4.78 is 9.93. The number of ether oxygens (including phenoxy) is 2. The number of carbonyl (C=O) groups excluding carboxylic acids is 2. The number of anilines is 1. The van der Waals surface area contributed by atoms with Crippen molar-refractivity contribution < 1.29 is 19.1 Å². The Morgan fingerprint density at radius 3 is 2.59 bits per heavy atom. The summed E-state index contributed by atoms with van der Waals surface area (Å²) in [6.45, 7) is -0.0169. The molecule has 0 saturated carbocycles. The summed E-state index contributed by atoms with van der Waals surface area (Å²) in [7, 11) is 2.60. The first kappa shape index (κ1) is 13.5. The van der Waals surface area contributed by atoms with E-state index in [-0.39, 0.29) is 6.54 Å². The highest BCUT2D eigenvalue weighted by Crippen LogP contribution is 2.22. The fraction of sp³-hybridized carbons (Fsp3) is 0.273. The molecule has 1 N–H and O–H groups in total. The van der Waals surface area contributed by atoms with E-state index in [9.17, 15) is 9.59 Å². The molecule has 0 fully saturated rings. The number of halogens is 1. The van der Waals surface area contributed by atoms with Crippen molar-refractivity contribution in [1.29, 1.82) is 0 Å². The van der Waals surface area contributed by atoms with E-state index in [2.05, 4.69) is 30.7 Å². The van der Waals surface area contributed by atoms with E-state index in [1.165, 1.54) is 14.2 Å². The predicted octanol–water partition coefficient (Wildman–Crippen LogP) is 1.82. The lowest BCUT2D eigenvalue weighted by molar-refractivity contribution is -0.138. The second-order valence-corrected chi connectivity index (χ2v) is 4.03. The highest BCUT2D eigenvalue weighted by atomic mass is 79.9. The van der Waals surface area contributed by atoms with Gasteiger partial charge in [-0.2, -0.15) is 0 Å². The molecular formula is C11H12BrNO4. The second-order valence-electron chi connectivity index (χ2n) is 3.11. The van der Waals surface area contributed by atoms with Crippen molar-refractivity contribution in [2.45, 2.75) is 0 Å². The van der Waals surface area contributed by atoms with Crippen LogP contribution < -0.4 is 5.32 Å². The van der Waals surface area contributed by atoms with Crippen molar-refractivity contribution in [2.75, 3.05) is 26.1 Å². The molecule has 1 rings (SSSR count). The van der Waals surface area contributed by atoms with Gasteiger partial charge in [0.1, 0.15) is 6.54 Å². The van der Waals surface area contributed by atoms with Crippen LogP contribution in [0.25, 0.3) is 0 Å². The van der Waals surface area contributed by atoms with Crippen LogP contribution in [0.3, 0.4) is 0 Å². The highest BCUT2D eigenvalue weighted by Gasteiger charge is 2.12. The number of benzene rings is 1. The third kappa shape index (κ3) is 3.74. The van der Waals surface area contributed by atoms with Crippen molar-refractivity contribution >= 4 is 33.6 Å². The van der Waals surface area contributed by atoms with Crippen LogP contribution >= 0.6 is 15.9 Å². The highest BCUT2D eigenvalue weighted by molar-refractivity contribution is 9.10. The summed E-state index contributed by atoms with van der Waals surface area (Å²) in [5, 5.41) is 2.81. The molecule has 0 radical (unpaired) electrons. The summed E-state index contributed by atoms with van der Waals surface area (Å²) in [6, 6.07) is 5.01. The predicted molar refractivity (Wildman–Crippen MR) is 66.0 cm³/mol. The fourth-order valence-electron chi connectivity index (χ4n) is 1.19. The third-order valence-electron chi connectivity index (χ3n) is 2.04. The van der Waals surface area contributed by atoms with Crippen molar-refractivity contribution in [1.82, 2.24) is 0 Å². The second kappa shape index (κ2) is 6.24. The standard InChI is InChI=1S/C11H12BrNO4/c1-16-10(14)6-13-9-5-7(12)3-4-8(9)11(15)17-2/h3-5,13H,6H2,1-2H3. The van der Waals surface area contributed by atoms with E-state index in [1.807, 2.05) is 0 Å². The van der Waals surface area contributed by atoms with Gasteiger partial charge in [0.05, 0.1) is 25.5 Å². The van der Waals surface area contributed by atoms with Crippen LogP contribution in [-0.2, 0) is 14.3 Å². The van der Waals surface area contributed by atoms with Crippen molar-refractivity contribution in [3.05, 3.63) is 28.2 Å². The molecular weight excluding hydrogens is 290 g/mol. The Balaban J connectivity index is 2.91. The minimum atomic E-state index is -0.468. The van der Waals surface area contributed by atoms with Gasteiger partial charge in [-0.3, -0.25) is 4.79 Å². The molecule has 0 spiro atoms. The SMILES string of the molecule is COC(=O)CNc1cc(Br)ccc1C(=O)OC. The molecule has 0 aliphatic carbocycles. The van der Waals surface area contributed by atoms with Crippen molar-refractivity contribution in [3.63, 3.8) is 0 Å². The zero-order valence-corrected chi connectivity index (χ0v) is 11.0.